The minimum absolute atomic E-state index is 0.121. The number of hydrogen-bond acceptors (Lipinski definition) is 3. The lowest BCUT2D eigenvalue weighted by molar-refractivity contribution is -0.132. The maximum Gasteiger partial charge on any atom is 0.225 e. The normalized spacial score (nSPS) is 19.9. The Morgan fingerprint density at radius 1 is 1.19 bits per heavy atom. The van der Waals surface area contributed by atoms with E-state index in [1.165, 1.54) is 11.1 Å². The summed E-state index contributed by atoms with van der Waals surface area (Å²) in [5.41, 5.74) is 8.58. The first-order valence-electron chi connectivity index (χ1n) is 9.09. The van der Waals surface area contributed by atoms with Crippen LogP contribution in [0.25, 0.3) is 11.1 Å². The highest BCUT2D eigenvalue weighted by atomic mass is 32.1. The van der Waals surface area contributed by atoms with Gasteiger partial charge in [-0.25, -0.2) is 0 Å². The molecule has 3 rings (SSSR count). The van der Waals surface area contributed by atoms with Crippen molar-refractivity contribution in [2.75, 3.05) is 13.1 Å². The van der Waals surface area contributed by atoms with Crippen LogP contribution in [0, 0.1) is 11.3 Å². The Bertz CT molecular complexity index is 768. The zero-order chi connectivity index (χ0) is 18.7. The van der Waals surface area contributed by atoms with E-state index in [0.29, 0.717) is 38.3 Å². The van der Waals surface area contributed by atoms with Crippen LogP contribution in [0.5, 0.6) is 0 Å². The van der Waals surface area contributed by atoms with E-state index >= 15 is 0 Å². The first-order valence-corrected chi connectivity index (χ1v) is 10.0. The van der Waals surface area contributed by atoms with Gasteiger partial charge in [0.25, 0.3) is 0 Å². The summed E-state index contributed by atoms with van der Waals surface area (Å²) in [6.45, 7) is 5.11. The first-order chi connectivity index (χ1) is 12.4. The molecule has 0 radical (unpaired) electrons. The molecule has 0 unspecified atom stereocenters. The number of hydrogen-bond donors (Lipinski definition) is 1. The third kappa shape index (κ3) is 3.98. The van der Waals surface area contributed by atoms with Crippen molar-refractivity contribution in [3.63, 3.8) is 0 Å². The number of amides is 2. The summed E-state index contributed by atoms with van der Waals surface area (Å²) in [6.07, 6.45) is 1.74. The van der Waals surface area contributed by atoms with Gasteiger partial charge in [-0.2, -0.15) is 11.3 Å². The van der Waals surface area contributed by atoms with E-state index in [2.05, 4.69) is 41.1 Å². The highest BCUT2D eigenvalue weighted by Crippen LogP contribution is 2.35. The highest BCUT2D eigenvalue weighted by molar-refractivity contribution is 7.08. The molecule has 5 heteroatoms. The van der Waals surface area contributed by atoms with E-state index in [0.717, 1.165) is 5.56 Å². The molecule has 2 amide bonds. The standard InChI is InChI=1S/C21H26N2O2S/c1-15(2)11-19(24)23-9-8-21(14-23,20(22)25)12-16-3-5-17(6-4-16)18-7-10-26-13-18/h3-7,10,13,15H,8-9,11-12,14H2,1-2H3,(H2,22,25)/t21-/m0/s1. The van der Waals surface area contributed by atoms with Gasteiger partial charge in [-0.15, -0.1) is 0 Å². The van der Waals surface area contributed by atoms with Gasteiger partial charge >= 0.3 is 0 Å². The average Bonchev–Trinajstić information content (AvgIpc) is 3.25. The Morgan fingerprint density at radius 2 is 1.92 bits per heavy atom. The topological polar surface area (TPSA) is 63.4 Å². The molecule has 1 atom stereocenters. The van der Waals surface area contributed by atoms with Crippen molar-refractivity contribution in [1.29, 1.82) is 0 Å². The Hall–Kier alpha value is -2.14. The molecule has 0 saturated carbocycles. The Balaban J connectivity index is 1.73. The summed E-state index contributed by atoms with van der Waals surface area (Å²) < 4.78 is 0. The first kappa shape index (κ1) is 18.6. The molecule has 4 nitrogen and oxygen atoms in total. The lowest BCUT2D eigenvalue weighted by Crippen LogP contribution is -2.42. The van der Waals surface area contributed by atoms with Crippen LogP contribution in [0.3, 0.4) is 0 Å². The summed E-state index contributed by atoms with van der Waals surface area (Å²) in [6, 6.07) is 10.4. The molecule has 0 bridgehead atoms. The third-order valence-electron chi connectivity index (χ3n) is 5.16. The molecule has 2 N–H and O–H groups in total. The number of primary amides is 1. The molecule has 138 valence electrons. The number of rotatable bonds is 6. The molecule has 2 aromatic rings. The summed E-state index contributed by atoms with van der Waals surface area (Å²) >= 11 is 1.68. The monoisotopic (exact) mass is 370 g/mol. The van der Waals surface area contributed by atoms with Crippen LogP contribution in [-0.4, -0.2) is 29.8 Å². The number of nitrogens with zero attached hydrogens (tertiary/aromatic N) is 1. The fraction of sp³-hybridized carbons (Fsp3) is 0.429. The fourth-order valence-electron chi connectivity index (χ4n) is 3.63. The van der Waals surface area contributed by atoms with E-state index in [-0.39, 0.29) is 11.8 Å². The van der Waals surface area contributed by atoms with Crippen molar-refractivity contribution in [2.24, 2.45) is 17.1 Å². The van der Waals surface area contributed by atoms with Crippen molar-refractivity contribution >= 4 is 23.2 Å². The van der Waals surface area contributed by atoms with Crippen LogP contribution in [0.2, 0.25) is 0 Å². The van der Waals surface area contributed by atoms with Crippen LogP contribution < -0.4 is 5.73 Å². The van der Waals surface area contributed by atoms with E-state index in [9.17, 15) is 9.59 Å². The van der Waals surface area contributed by atoms with Crippen molar-refractivity contribution in [3.8, 4) is 11.1 Å². The lowest BCUT2D eigenvalue weighted by Gasteiger charge is -2.26. The molecule has 1 saturated heterocycles. The maximum atomic E-state index is 12.4. The maximum absolute atomic E-state index is 12.4. The molecule has 0 spiro atoms. The van der Waals surface area contributed by atoms with Crippen LogP contribution in [0.4, 0.5) is 0 Å². The SMILES string of the molecule is CC(C)CC(=O)N1CC[C@@](Cc2ccc(-c3ccsc3)cc2)(C(N)=O)C1. The highest BCUT2D eigenvalue weighted by Gasteiger charge is 2.44. The van der Waals surface area contributed by atoms with Crippen molar-refractivity contribution in [3.05, 3.63) is 46.7 Å². The molecule has 1 fully saturated rings. The minimum Gasteiger partial charge on any atom is -0.369 e. The summed E-state index contributed by atoms with van der Waals surface area (Å²) in [5.74, 6) is 0.130. The van der Waals surface area contributed by atoms with Crippen LogP contribution >= 0.6 is 11.3 Å². The molecule has 1 aliphatic rings. The van der Waals surface area contributed by atoms with E-state index < -0.39 is 5.41 Å². The van der Waals surface area contributed by atoms with Gasteiger partial charge in [0.15, 0.2) is 0 Å². The second-order valence-corrected chi connectivity index (χ2v) is 8.47. The minimum atomic E-state index is -0.656. The predicted octanol–water partition coefficient (Wildman–Crippen LogP) is 3.71. The second kappa shape index (κ2) is 7.62. The largest absolute Gasteiger partial charge is 0.369 e. The van der Waals surface area contributed by atoms with Crippen LogP contribution in [-0.2, 0) is 16.0 Å². The molecule has 1 aliphatic heterocycles. The van der Waals surface area contributed by atoms with Crippen LogP contribution in [0.15, 0.2) is 41.1 Å². The fourth-order valence-corrected chi connectivity index (χ4v) is 4.30. The molecule has 26 heavy (non-hydrogen) atoms. The summed E-state index contributed by atoms with van der Waals surface area (Å²) in [7, 11) is 0. The number of likely N-dealkylation sites (tertiary alicyclic amines) is 1. The van der Waals surface area contributed by atoms with Gasteiger partial charge in [0.2, 0.25) is 11.8 Å². The average molecular weight is 371 g/mol. The number of carbonyl (C=O) groups is 2. The molecule has 2 heterocycles. The lowest BCUT2D eigenvalue weighted by atomic mass is 9.80. The zero-order valence-electron chi connectivity index (χ0n) is 15.4. The van der Waals surface area contributed by atoms with Gasteiger partial charge < -0.3 is 10.6 Å². The van der Waals surface area contributed by atoms with Gasteiger partial charge in [-0.05, 0) is 52.3 Å². The van der Waals surface area contributed by atoms with Gasteiger partial charge in [0.1, 0.15) is 0 Å². The zero-order valence-corrected chi connectivity index (χ0v) is 16.2. The number of carbonyl (C=O) groups excluding carboxylic acids is 2. The van der Waals surface area contributed by atoms with E-state index in [1.807, 2.05) is 18.7 Å². The molecule has 0 aliphatic carbocycles. The molecular weight excluding hydrogens is 344 g/mol. The van der Waals surface area contributed by atoms with Gasteiger partial charge in [-0.1, -0.05) is 38.1 Å². The van der Waals surface area contributed by atoms with Crippen molar-refractivity contribution in [1.82, 2.24) is 4.90 Å². The predicted molar refractivity (Wildman–Crippen MR) is 106 cm³/mol. The number of benzene rings is 1. The van der Waals surface area contributed by atoms with Crippen molar-refractivity contribution < 1.29 is 9.59 Å². The van der Waals surface area contributed by atoms with E-state index in [1.54, 1.807) is 11.3 Å². The molecule has 1 aromatic heterocycles. The van der Waals surface area contributed by atoms with Gasteiger partial charge in [0, 0.05) is 19.5 Å². The second-order valence-electron chi connectivity index (χ2n) is 7.69. The Labute approximate surface area is 159 Å². The van der Waals surface area contributed by atoms with Gasteiger partial charge in [0.05, 0.1) is 5.41 Å². The third-order valence-corrected chi connectivity index (χ3v) is 5.85. The smallest absolute Gasteiger partial charge is 0.225 e. The number of thiophene rings is 1. The Kier molecular flexibility index (Phi) is 5.47. The van der Waals surface area contributed by atoms with E-state index in [4.69, 9.17) is 5.73 Å². The van der Waals surface area contributed by atoms with Crippen molar-refractivity contribution in [2.45, 2.75) is 33.1 Å². The Morgan fingerprint density at radius 3 is 2.50 bits per heavy atom. The van der Waals surface area contributed by atoms with Crippen LogP contribution in [0.1, 0.15) is 32.3 Å². The summed E-state index contributed by atoms with van der Waals surface area (Å²) in [5, 5.41) is 4.18. The quantitative estimate of drug-likeness (QED) is 0.842. The molecular formula is C21H26N2O2S. The number of nitrogens with two attached hydrogens (primary N) is 1. The molecule has 1 aromatic carbocycles. The summed E-state index contributed by atoms with van der Waals surface area (Å²) in [4.78, 5) is 26.4. The van der Waals surface area contributed by atoms with Gasteiger partial charge in [-0.3, -0.25) is 9.59 Å².